The number of carboxylic acid groups (broad SMARTS) is 1. The molecule has 0 spiro atoms. The van der Waals surface area contributed by atoms with Crippen molar-refractivity contribution in [2.24, 2.45) is 39.7 Å². The maximum atomic E-state index is 12.6. The van der Waals surface area contributed by atoms with Gasteiger partial charge in [-0.3, -0.25) is 4.79 Å². The van der Waals surface area contributed by atoms with Crippen LogP contribution in [0.1, 0.15) is 92.4 Å². The molecule has 4 aliphatic rings. The molecule has 4 fully saturated rings. The van der Waals surface area contributed by atoms with Crippen molar-refractivity contribution in [2.75, 3.05) is 6.61 Å². The van der Waals surface area contributed by atoms with Crippen molar-refractivity contribution in [1.29, 1.82) is 0 Å². The molecule has 3 saturated carbocycles. The fraction of sp³-hybridized carbons (Fsp3) is 0.852. The second-order valence-corrected chi connectivity index (χ2v) is 12.0. The van der Waals surface area contributed by atoms with Crippen LogP contribution in [0.25, 0.3) is 0 Å². The number of ketones is 1. The van der Waals surface area contributed by atoms with Gasteiger partial charge in [0.1, 0.15) is 5.78 Å². The summed E-state index contributed by atoms with van der Waals surface area (Å²) in [5, 5.41) is 7.19. The Balaban J connectivity index is 0.000000709. The van der Waals surface area contributed by atoms with Gasteiger partial charge in [-0.15, -0.1) is 0 Å². The van der Waals surface area contributed by atoms with E-state index < -0.39 is 6.09 Å². The average Bonchev–Trinajstić information content (AvgIpc) is 3.16. The topological polar surface area (TPSA) is 98.9 Å². The van der Waals surface area contributed by atoms with E-state index in [4.69, 9.17) is 19.4 Å². The molecule has 6 nitrogen and oxygen atoms in total. The van der Waals surface area contributed by atoms with Crippen molar-refractivity contribution < 1.29 is 24.2 Å². The normalized spacial score (nSPS) is 39.5. The number of Topliss-reactive ketones (excluding diaryl/α,β-unsaturated/α-hetero) is 1. The second kappa shape index (κ2) is 10.1. The minimum Gasteiger partial charge on any atom is -0.465 e. The molecule has 1 saturated heterocycles. The molecule has 0 aromatic carbocycles. The third-order valence-electron chi connectivity index (χ3n) is 9.26. The second-order valence-electron chi connectivity index (χ2n) is 12.0. The summed E-state index contributed by atoms with van der Waals surface area (Å²) in [6, 6.07) is 0. The van der Waals surface area contributed by atoms with Crippen LogP contribution >= 0.6 is 0 Å². The highest BCUT2D eigenvalue weighted by atomic mass is 16.7. The zero-order valence-electron chi connectivity index (χ0n) is 21.3. The van der Waals surface area contributed by atoms with Gasteiger partial charge >= 0.3 is 6.09 Å². The quantitative estimate of drug-likeness (QED) is 0.475. The highest BCUT2D eigenvalue weighted by Gasteiger charge is 2.56. The summed E-state index contributed by atoms with van der Waals surface area (Å²) in [5.41, 5.74) is 4.50. The van der Waals surface area contributed by atoms with E-state index in [2.05, 4.69) is 52.5 Å². The van der Waals surface area contributed by atoms with Crippen molar-refractivity contribution >= 4 is 11.9 Å². The summed E-state index contributed by atoms with van der Waals surface area (Å²) in [5.74, 6) is 2.08. The number of rotatable bonds is 6. The van der Waals surface area contributed by atoms with Gasteiger partial charge in [-0.1, -0.05) is 46.8 Å². The van der Waals surface area contributed by atoms with Crippen LogP contribution in [0.15, 0.2) is 12.2 Å². The van der Waals surface area contributed by atoms with E-state index in [-0.39, 0.29) is 34.6 Å². The molecular weight excluding hydrogens is 418 g/mol. The van der Waals surface area contributed by atoms with Crippen LogP contribution in [-0.4, -0.2) is 36.0 Å². The van der Waals surface area contributed by atoms with Gasteiger partial charge in [0.2, 0.25) is 0 Å². The lowest BCUT2D eigenvalue weighted by Gasteiger charge is -2.45. The molecule has 0 radical (unpaired) electrons. The lowest BCUT2D eigenvalue weighted by Crippen LogP contribution is -2.42. The Morgan fingerprint density at radius 3 is 2.48 bits per heavy atom. The molecular formula is C27H45NO5. The van der Waals surface area contributed by atoms with Crippen LogP contribution in [-0.2, 0) is 14.3 Å². The zero-order valence-corrected chi connectivity index (χ0v) is 21.3. The summed E-state index contributed by atoms with van der Waals surface area (Å²) in [4.78, 5) is 21.3. The zero-order chi connectivity index (χ0) is 24.4. The number of carbonyl (C=O) groups is 2. The van der Waals surface area contributed by atoms with Crippen molar-refractivity contribution in [3.8, 4) is 0 Å². The lowest BCUT2D eigenvalue weighted by molar-refractivity contribution is -0.190. The maximum absolute atomic E-state index is 12.6. The number of amides is 1. The number of primary amides is 1. The Bertz CT molecular complexity index is 739. The maximum Gasteiger partial charge on any atom is 0.402 e. The SMILES string of the molecule is CC1CC1(C)C(C=CC(C)(C)C1CCC2C(=O)CCCC21C)OC1CCCCO1.NC(=O)O. The summed E-state index contributed by atoms with van der Waals surface area (Å²) >= 11 is 0. The van der Waals surface area contributed by atoms with E-state index in [1.54, 1.807) is 0 Å². The molecule has 1 heterocycles. The Morgan fingerprint density at radius 2 is 1.91 bits per heavy atom. The molecule has 0 bridgehead atoms. The first kappa shape index (κ1) is 26.2. The fourth-order valence-corrected chi connectivity index (χ4v) is 7.00. The van der Waals surface area contributed by atoms with Crippen LogP contribution in [0.4, 0.5) is 4.79 Å². The van der Waals surface area contributed by atoms with E-state index in [0.29, 0.717) is 17.6 Å². The summed E-state index contributed by atoms with van der Waals surface area (Å²) in [6.07, 6.45) is 13.5. The first-order chi connectivity index (χ1) is 15.4. The molecule has 1 amide bonds. The van der Waals surface area contributed by atoms with E-state index in [1.165, 1.54) is 25.7 Å². The van der Waals surface area contributed by atoms with Crippen LogP contribution in [0.3, 0.4) is 0 Å². The number of fused-ring (bicyclic) bond motifs is 1. The van der Waals surface area contributed by atoms with Crippen molar-refractivity contribution in [3.63, 3.8) is 0 Å². The Morgan fingerprint density at radius 1 is 1.24 bits per heavy atom. The van der Waals surface area contributed by atoms with E-state index in [9.17, 15) is 4.79 Å². The number of nitrogens with two attached hydrogens (primary N) is 1. The average molecular weight is 464 g/mol. The molecule has 3 aliphatic carbocycles. The first-order valence-electron chi connectivity index (χ1n) is 12.9. The van der Waals surface area contributed by atoms with Crippen molar-refractivity contribution in [3.05, 3.63) is 12.2 Å². The molecule has 1 aliphatic heterocycles. The monoisotopic (exact) mass is 463 g/mol. The van der Waals surface area contributed by atoms with Gasteiger partial charge < -0.3 is 20.3 Å². The highest BCUT2D eigenvalue weighted by Crippen LogP contribution is 2.60. The fourth-order valence-electron chi connectivity index (χ4n) is 7.00. The number of hydrogen-bond donors (Lipinski definition) is 2. The molecule has 3 N–H and O–H groups in total. The third kappa shape index (κ3) is 5.82. The minimum absolute atomic E-state index is 0.0459. The van der Waals surface area contributed by atoms with Gasteiger partial charge in [-0.25, -0.2) is 4.79 Å². The van der Waals surface area contributed by atoms with E-state index in [1.807, 2.05) is 0 Å². The molecule has 6 heteroatoms. The van der Waals surface area contributed by atoms with Crippen molar-refractivity contribution in [2.45, 2.75) is 105 Å². The predicted molar refractivity (Wildman–Crippen MR) is 129 cm³/mol. The van der Waals surface area contributed by atoms with E-state index in [0.717, 1.165) is 38.7 Å². The lowest BCUT2D eigenvalue weighted by atomic mass is 9.58. The van der Waals surface area contributed by atoms with Gasteiger partial charge in [0.25, 0.3) is 0 Å². The smallest absolute Gasteiger partial charge is 0.402 e. The van der Waals surface area contributed by atoms with Crippen LogP contribution in [0, 0.1) is 34.0 Å². The van der Waals surface area contributed by atoms with Crippen molar-refractivity contribution in [1.82, 2.24) is 0 Å². The molecule has 0 aromatic rings. The van der Waals surface area contributed by atoms with E-state index >= 15 is 0 Å². The van der Waals surface area contributed by atoms with Gasteiger partial charge in [0, 0.05) is 24.4 Å². The Kier molecular flexibility index (Phi) is 8.00. The van der Waals surface area contributed by atoms with Gasteiger partial charge in [-0.05, 0) is 74.0 Å². The highest BCUT2D eigenvalue weighted by molar-refractivity contribution is 5.83. The summed E-state index contributed by atoms with van der Waals surface area (Å²) < 4.78 is 12.4. The first-order valence-corrected chi connectivity index (χ1v) is 12.9. The van der Waals surface area contributed by atoms with Crippen LogP contribution < -0.4 is 5.73 Å². The number of carbonyl (C=O) groups excluding carboxylic acids is 1. The van der Waals surface area contributed by atoms with Gasteiger partial charge in [-0.2, -0.15) is 0 Å². The molecule has 33 heavy (non-hydrogen) atoms. The number of allylic oxidation sites excluding steroid dienone is 1. The largest absolute Gasteiger partial charge is 0.465 e. The molecule has 7 atom stereocenters. The Hall–Kier alpha value is -1.40. The third-order valence-corrected chi connectivity index (χ3v) is 9.26. The number of hydrogen-bond acceptors (Lipinski definition) is 4. The number of ether oxygens (including phenoxy) is 2. The Labute approximate surface area is 199 Å². The molecule has 7 unspecified atom stereocenters. The van der Waals surface area contributed by atoms with Gasteiger partial charge in [0.15, 0.2) is 6.29 Å². The van der Waals surface area contributed by atoms with Crippen LogP contribution in [0.5, 0.6) is 0 Å². The molecule has 4 rings (SSSR count). The van der Waals surface area contributed by atoms with Crippen LogP contribution in [0.2, 0.25) is 0 Å². The summed E-state index contributed by atoms with van der Waals surface area (Å²) in [7, 11) is 0. The molecule has 188 valence electrons. The predicted octanol–water partition coefficient (Wildman–Crippen LogP) is 5.94. The minimum atomic E-state index is -1.33. The standard InChI is InChI=1S/C26H42O3.CH3NO2/c1-18-17-26(18,5)22(29-23-10-6-7-16-28-23)13-15-24(2,3)21-12-11-19-20(27)9-8-14-25(19,21)4;2-1(3)4/h13,15,18-19,21-23H,6-12,14,16-17H2,1-5H3;2H2,(H,3,4). The molecule has 0 aromatic heterocycles. The van der Waals surface area contributed by atoms with Gasteiger partial charge in [0.05, 0.1) is 6.10 Å². The summed E-state index contributed by atoms with van der Waals surface area (Å²) in [6.45, 7) is 12.7.